The van der Waals surface area contributed by atoms with E-state index >= 15 is 0 Å². The molecule has 0 spiro atoms. The SMILES string of the molecule is O=C(CCCOc1ccccc1C(=O)NC1C=C(c2nn[nH]n2)Oc2ccccc21)c1ccccc1. The zero-order valence-electron chi connectivity index (χ0n) is 19.3. The van der Waals surface area contributed by atoms with Crippen molar-refractivity contribution in [2.75, 3.05) is 6.61 Å². The summed E-state index contributed by atoms with van der Waals surface area (Å²) in [6, 6.07) is 23.1. The predicted octanol–water partition coefficient (Wildman–Crippen LogP) is 4.15. The highest BCUT2D eigenvalue weighted by atomic mass is 16.5. The number of amides is 1. The number of tetrazole rings is 1. The number of nitrogens with one attached hydrogen (secondary N) is 2. The molecular weight excluding hydrogens is 458 g/mol. The van der Waals surface area contributed by atoms with Crippen LogP contribution in [0.5, 0.6) is 11.5 Å². The number of ether oxygens (including phenoxy) is 2. The van der Waals surface area contributed by atoms with Gasteiger partial charge in [-0.15, -0.1) is 10.2 Å². The van der Waals surface area contributed by atoms with Gasteiger partial charge in [0.2, 0.25) is 5.82 Å². The van der Waals surface area contributed by atoms with E-state index in [1.165, 1.54) is 0 Å². The Labute approximate surface area is 207 Å². The van der Waals surface area contributed by atoms with E-state index in [1.54, 1.807) is 42.5 Å². The standard InChI is InChI=1S/C27H23N5O4/c33-22(18-9-2-1-3-10-18)13-8-16-35-23-14-6-5-12-20(23)27(34)28-21-17-25(26-29-31-32-30-26)36-24-15-7-4-11-19(21)24/h1-7,9-12,14-15,17,21H,8,13,16H2,(H,28,34)(H,29,30,31,32). The molecule has 9 heteroatoms. The summed E-state index contributed by atoms with van der Waals surface area (Å²) in [6.45, 7) is 0.310. The number of fused-ring (bicyclic) bond motifs is 1. The molecule has 0 radical (unpaired) electrons. The van der Waals surface area contributed by atoms with Crippen LogP contribution in [0.25, 0.3) is 5.76 Å². The maximum atomic E-state index is 13.3. The highest BCUT2D eigenvalue weighted by Crippen LogP contribution is 2.35. The number of H-pyrrole nitrogens is 1. The molecule has 1 unspecified atom stereocenters. The molecule has 0 saturated heterocycles. The number of hydrogen-bond donors (Lipinski definition) is 2. The number of rotatable bonds is 9. The van der Waals surface area contributed by atoms with Gasteiger partial charge in [0.1, 0.15) is 11.5 Å². The topological polar surface area (TPSA) is 119 Å². The molecule has 5 rings (SSSR count). The molecule has 1 aliphatic heterocycles. The predicted molar refractivity (Wildman–Crippen MR) is 131 cm³/mol. The molecule has 0 saturated carbocycles. The Kier molecular flexibility index (Phi) is 6.79. The fourth-order valence-electron chi connectivity index (χ4n) is 3.91. The second-order valence-electron chi connectivity index (χ2n) is 8.09. The van der Waals surface area contributed by atoms with Gasteiger partial charge in [0, 0.05) is 17.5 Å². The van der Waals surface area contributed by atoms with Gasteiger partial charge in [0.25, 0.3) is 5.91 Å². The Bertz CT molecular complexity index is 1390. The van der Waals surface area contributed by atoms with Crippen LogP contribution in [0.3, 0.4) is 0 Å². The molecule has 1 amide bonds. The average Bonchev–Trinajstić information content (AvgIpc) is 3.47. The second-order valence-corrected chi connectivity index (χ2v) is 8.09. The highest BCUT2D eigenvalue weighted by Gasteiger charge is 2.26. The first-order valence-electron chi connectivity index (χ1n) is 11.5. The lowest BCUT2D eigenvalue weighted by Crippen LogP contribution is -2.30. The third-order valence-electron chi connectivity index (χ3n) is 5.68. The van der Waals surface area contributed by atoms with Crippen molar-refractivity contribution in [2.45, 2.75) is 18.9 Å². The second kappa shape index (κ2) is 10.6. The van der Waals surface area contributed by atoms with Gasteiger partial charge in [-0.1, -0.05) is 60.7 Å². The summed E-state index contributed by atoms with van der Waals surface area (Å²) in [5, 5.41) is 17.0. The summed E-state index contributed by atoms with van der Waals surface area (Å²) in [5.41, 5.74) is 1.88. The number of para-hydroxylation sites is 2. The molecule has 0 fully saturated rings. The third kappa shape index (κ3) is 5.15. The quantitative estimate of drug-likeness (QED) is 0.272. The first-order valence-corrected chi connectivity index (χ1v) is 11.5. The lowest BCUT2D eigenvalue weighted by molar-refractivity contribution is 0.0933. The molecule has 2 N–H and O–H groups in total. The molecule has 36 heavy (non-hydrogen) atoms. The molecule has 4 aromatic rings. The summed E-state index contributed by atoms with van der Waals surface area (Å²) in [4.78, 5) is 25.6. The van der Waals surface area contributed by atoms with Gasteiger partial charge in [-0.2, -0.15) is 5.21 Å². The van der Waals surface area contributed by atoms with E-state index in [2.05, 4.69) is 25.9 Å². The van der Waals surface area contributed by atoms with E-state index < -0.39 is 6.04 Å². The molecule has 1 aliphatic rings. The Morgan fingerprint density at radius 2 is 1.75 bits per heavy atom. The van der Waals surface area contributed by atoms with Crippen LogP contribution in [0.2, 0.25) is 0 Å². The van der Waals surface area contributed by atoms with E-state index in [-0.39, 0.29) is 17.5 Å². The van der Waals surface area contributed by atoms with Gasteiger partial charge in [-0.3, -0.25) is 9.59 Å². The molecule has 2 heterocycles. The smallest absolute Gasteiger partial charge is 0.255 e. The number of aromatic amines is 1. The normalized spacial score (nSPS) is 14.2. The van der Waals surface area contributed by atoms with Crippen LogP contribution in [0.1, 0.15) is 51.0 Å². The monoisotopic (exact) mass is 481 g/mol. The minimum Gasteiger partial charge on any atom is -0.493 e. The lowest BCUT2D eigenvalue weighted by Gasteiger charge is -2.25. The van der Waals surface area contributed by atoms with Gasteiger partial charge in [-0.25, -0.2) is 0 Å². The van der Waals surface area contributed by atoms with Crippen LogP contribution in [0.4, 0.5) is 0 Å². The van der Waals surface area contributed by atoms with E-state index in [4.69, 9.17) is 9.47 Å². The average molecular weight is 482 g/mol. The van der Waals surface area contributed by atoms with Crippen LogP contribution < -0.4 is 14.8 Å². The van der Waals surface area contributed by atoms with E-state index in [0.29, 0.717) is 47.8 Å². The maximum absolute atomic E-state index is 13.3. The first-order chi connectivity index (χ1) is 17.7. The van der Waals surface area contributed by atoms with E-state index in [9.17, 15) is 9.59 Å². The number of hydrogen-bond acceptors (Lipinski definition) is 7. The van der Waals surface area contributed by atoms with Crippen molar-refractivity contribution in [1.82, 2.24) is 25.9 Å². The Hall–Kier alpha value is -4.79. The summed E-state index contributed by atoms with van der Waals surface area (Å²) in [7, 11) is 0. The molecular formula is C27H23N5O4. The van der Waals surface area contributed by atoms with Crippen LogP contribution in [0.15, 0.2) is 84.9 Å². The number of aromatic nitrogens is 4. The number of Topliss-reactive ketones (excluding diaryl/α,β-unsaturated/α-hetero) is 1. The van der Waals surface area contributed by atoms with Crippen LogP contribution >= 0.6 is 0 Å². The minimum absolute atomic E-state index is 0.0626. The molecule has 180 valence electrons. The highest BCUT2D eigenvalue weighted by molar-refractivity contribution is 5.97. The molecule has 0 aliphatic carbocycles. The van der Waals surface area contributed by atoms with Gasteiger partial charge >= 0.3 is 0 Å². The lowest BCUT2D eigenvalue weighted by atomic mass is 10.0. The van der Waals surface area contributed by atoms with Crippen molar-refractivity contribution in [1.29, 1.82) is 0 Å². The Morgan fingerprint density at radius 1 is 0.972 bits per heavy atom. The molecule has 1 atom stereocenters. The maximum Gasteiger partial charge on any atom is 0.255 e. The summed E-state index contributed by atoms with van der Waals surface area (Å²) in [6.07, 6.45) is 2.64. The van der Waals surface area contributed by atoms with E-state index in [1.807, 2.05) is 42.5 Å². The minimum atomic E-state index is -0.479. The van der Waals surface area contributed by atoms with Crippen molar-refractivity contribution in [3.8, 4) is 11.5 Å². The van der Waals surface area contributed by atoms with Gasteiger partial charge in [-0.05, 0) is 35.9 Å². The van der Waals surface area contributed by atoms with Crippen LogP contribution in [-0.2, 0) is 0 Å². The Morgan fingerprint density at radius 3 is 2.58 bits per heavy atom. The zero-order valence-corrected chi connectivity index (χ0v) is 19.3. The number of carbonyl (C=O) groups excluding carboxylic acids is 2. The molecule has 3 aromatic carbocycles. The first kappa shape index (κ1) is 23.0. The zero-order chi connectivity index (χ0) is 24.7. The van der Waals surface area contributed by atoms with Gasteiger partial charge in [0.15, 0.2) is 11.5 Å². The van der Waals surface area contributed by atoms with Crippen molar-refractivity contribution in [2.24, 2.45) is 0 Å². The van der Waals surface area contributed by atoms with Crippen LogP contribution in [0, 0.1) is 0 Å². The fourth-order valence-corrected chi connectivity index (χ4v) is 3.91. The Balaban J connectivity index is 1.27. The number of ketones is 1. The number of nitrogens with zero attached hydrogens (tertiary/aromatic N) is 3. The molecule has 9 nitrogen and oxygen atoms in total. The van der Waals surface area contributed by atoms with Crippen molar-refractivity contribution in [3.63, 3.8) is 0 Å². The number of benzene rings is 3. The van der Waals surface area contributed by atoms with Crippen molar-refractivity contribution in [3.05, 3.63) is 107 Å². The number of carbonyl (C=O) groups is 2. The van der Waals surface area contributed by atoms with Gasteiger partial charge in [0.05, 0.1) is 18.2 Å². The van der Waals surface area contributed by atoms with Gasteiger partial charge < -0.3 is 14.8 Å². The molecule has 1 aromatic heterocycles. The van der Waals surface area contributed by atoms with E-state index in [0.717, 1.165) is 5.56 Å². The third-order valence-corrected chi connectivity index (χ3v) is 5.68. The largest absolute Gasteiger partial charge is 0.493 e. The van der Waals surface area contributed by atoms with Crippen LogP contribution in [-0.4, -0.2) is 38.9 Å². The van der Waals surface area contributed by atoms with Crippen molar-refractivity contribution >= 4 is 17.4 Å². The summed E-state index contributed by atoms with van der Waals surface area (Å²) < 4.78 is 11.8. The summed E-state index contributed by atoms with van der Waals surface area (Å²) in [5.74, 6) is 1.48. The summed E-state index contributed by atoms with van der Waals surface area (Å²) >= 11 is 0. The fraction of sp³-hybridized carbons (Fsp3) is 0.148. The van der Waals surface area contributed by atoms with Crippen molar-refractivity contribution < 1.29 is 19.1 Å². The molecule has 0 bridgehead atoms.